The normalized spacial score (nSPS) is 40.8. The lowest BCUT2D eigenvalue weighted by Crippen LogP contribution is -2.62. The van der Waals surface area contributed by atoms with E-state index >= 15 is 0 Å². The Labute approximate surface area is 244 Å². The molecule has 8 nitrogen and oxygen atoms in total. The van der Waals surface area contributed by atoms with Crippen LogP contribution in [-0.4, -0.2) is 60.0 Å². The predicted octanol–water partition coefficient (Wildman–Crippen LogP) is 4.53. The molecule has 4 aliphatic rings. The molecule has 0 spiro atoms. The van der Waals surface area contributed by atoms with E-state index in [1.807, 2.05) is 0 Å². The molecular weight excluding hydrogens is 520 g/mol. The van der Waals surface area contributed by atoms with Crippen LogP contribution in [0.15, 0.2) is 23.3 Å². The van der Waals surface area contributed by atoms with Crippen molar-refractivity contribution in [2.75, 3.05) is 14.2 Å². The molecular formula is C33H50N2O6. The molecule has 4 saturated carbocycles. The van der Waals surface area contributed by atoms with E-state index in [1.165, 1.54) is 0 Å². The lowest BCUT2D eigenvalue weighted by atomic mass is 9.43. The van der Waals surface area contributed by atoms with Gasteiger partial charge in [-0.2, -0.15) is 5.10 Å². The van der Waals surface area contributed by atoms with E-state index < -0.39 is 6.10 Å². The monoisotopic (exact) mass is 570 g/mol. The van der Waals surface area contributed by atoms with Crippen molar-refractivity contribution >= 4 is 12.1 Å². The highest BCUT2D eigenvalue weighted by atomic mass is 16.5. The third kappa shape index (κ3) is 5.40. The second kappa shape index (κ2) is 11.8. The summed E-state index contributed by atoms with van der Waals surface area (Å²) in [5, 5.41) is 37.7. The van der Waals surface area contributed by atoms with Crippen LogP contribution in [0.3, 0.4) is 0 Å². The molecule has 11 atom stereocenters. The summed E-state index contributed by atoms with van der Waals surface area (Å²) < 4.78 is 10.6. The van der Waals surface area contributed by atoms with Gasteiger partial charge in [0.05, 0.1) is 38.7 Å². The molecule has 0 unspecified atom stereocenters. The standard InChI is InChI=1S/C33H50N2O6/c1-19(6-11-30(39)35-34-18-20-14-23(40-4)7-10-28(20)41-5)24-8-9-25-31-26(17-29(38)33(24,25)3)32(2)13-12-22(36)15-21(32)16-27(31)37/h7,10,14,18-19,21-22,24-27,29,31,36-38H,6,8-9,11-13,15-17H2,1-5H3,(H,35,39)/b34-18+/t19-,21+,22-,24-,25+,26+,27-,29+,31+,32+,33-/m1/s1. The van der Waals surface area contributed by atoms with Gasteiger partial charge < -0.3 is 24.8 Å². The summed E-state index contributed by atoms with van der Waals surface area (Å²) in [4.78, 5) is 12.7. The number of rotatable bonds is 8. The first-order valence-corrected chi connectivity index (χ1v) is 15.6. The molecule has 4 aliphatic carbocycles. The van der Waals surface area contributed by atoms with Gasteiger partial charge in [0.2, 0.25) is 5.91 Å². The Morgan fingerprint density at radius 1 is 1.10 bits per heavy atom. The summed E-state index contributed by atoms with van der Waals surface area (Å²) in [5.41, 5.74) is 3.17. The van der Waals surface area contributed by atoms with Gasteiger partial charge in [-0.1, -0.05) is 20.8 Å². The van der Waals surface area contributed by atoms with Gasteiger partial charge in [0, 0.05) is 12.0 Å². The van der Waals surface area contributed by atoms with E-state index in [9.17, 15) is 20.1 Å². The van der Waals surface area contributed by atoms with Crippen LogP contribution >= 0.6 is 0 Å². The van der Waals surface area contributed by atoms with Crippen LogP contribution < -0.4 is 14.9 Å². The van der Waals surface area contributed by atoms with E-state index in [0.29, 0.717) is 35.3 Å². The number of methoxy groups -OCH3 is 2. The Balaban J connectivity index is 1.21. The van der Waals surface area contributed by atoms with Gasteiger partial charge in [-0.15, -0.1) is 0 Å². The predicted molar refractivity (Wildman–Crippen MR) is 158 cm³/mol. The average molecular weight is 571 g/mol. The fraction of sp³-hybridized carbons (Fsp3) is 0.758. The highest BCUT2D eigenvalue weighted by Crippen LogP contribution is 2.68. The number of aliphatic hydroxyl groups excluding tert-OH is 3. The lowest BCUT2D eigenvalue weighted by Gasteiger charge is -2.63. The number of nitrogens with zero attached hydrogens (tertiary/aromatic N) is 1. The fourth-order valence-corrected chi connectivity index (χ4v) is 9.86. The third-order valence-electron chi connectivity index (χ3n) is 12.2. The molecule has 1 amide bonds. The number of benzene rings is 1. The van der Waals surface area contributed by atoms with Crippen molar-refractivity contribution in [1.29, 1.82) is 0 Å². The van der Waals surface area contributed by atoms with Crippen molar-refractivity contribution in [2.45, 2.75) is 96.9 Å². The molecule has 0 radical (unpaired) electrons. The van der Waals surface area contributed by atoms with E-state index in [0.717, 1.165) is 51.4 Å². The number of hydrogen-bond donors (Lipinski definition) is 4. The molecule has 0 aromatic heterocycles. The molecule has 41 heavy (non-hydrogen) atoms. The van der Waals surface area contributed by atoms with Crippen LogP contribution in [0.1, 0.15) is 84.1 Å². The van der Waals surface area contributed by atoms with Gasteiger partial charge in [0.25, 0.3) is 0 Å². The summed E-state index contributed by atoms with van der Waals surface area (Å²) in [6.45, 7) is 6.83. The summed E-state index contributed by atoms with van der Waals surface area (Å²) in [5.74, 6) is 2.83. The number of ether oxygens (including phenoxy) is 2. The maximum absolute atomic E-state index is 12.7. The Hall–Kier alpha value is -2.16. The minimum atomic E-state index is -0.422. The molecule has 1 aromatic rings. The second-order valence-electron chi connectivity index (χ2n) is 13.9. The number of aliphatic hydroxyl groups is 3. The van der Waals surface area contributed by atoms with E-state index in [-0.39, 0.29) is 52.6 Å². The Morgan fingerprint density at radius 3 is 2.61 bits per heavy atom. The summed E-state index contributed by atoms with van der Waals surface area (Å²) in [6, 6.07) is 5.40. The number of amides is 1. The number of nitrogens with one attached hydrogen (secondary N) is 1. The van der Waals surface area contributed by atoms with Gasteiger partial charge in [-0.25, -0.2) is 5.43 Å². The van der Waals surface area contributed by atoms with E-state index in [4.69, 9.17) is 9.47 Å². The van der Waals surface area contributed by atoms with Crippen LogP contribution in [-0.2, 0) is 4.79 Å². The van der Waals surface area contributed by atoms with Crippen molar-refractivity contribution in [3.8, 4) is 11.5 Å². The number of hydrogen-bond acceptors (Lipinski definition) is 7. The van der Waals surface area contributed by atoms with Gasteiger partial charge in [-0.3, -0.25) is 4.79 Å². The molecule has 0 saturated heterocycles. The highest BCUT2D eigenvalue weighted by molar-refractivity contribution is 5.85. The maximum atomic E-state index is 12.7. The topological polar surface area (TPSA) is 121 Å². The smallest absolute Gasteiger partial charge is 0.240 e. The van der Waals surface area contributed by atoms with Crippen molar-refractivity contribution in [3.05, 3.63) is 23.8 Å². The molecule has 0 heterocycles. The first-order valence-electron chi connectivity index (χ1n) is 15.6. The van der Waals surface area contributed by atoms with Gasteiger partial charge in [0.15, 0.2) is 0 Å². The number of carbonyl (C=O) groups is 1. The Morgan fingerprint density at radius 2 is 1.88 bits per heavy atom. The minimum Gasteiger partial charge on any atom is -0.497 e. The minimum absolute atomic E-state index is 0.0721. The summed E-state index contributed by atoms with van der Waals surface area (Å²) >= 11 is 0. The van der Waals surface area contributed by atoms with Crippen molar-refractivity contribution in [1.82, 2.24) is 5.43 Å². The molecule has 5 rings (SSSR count). The van der Waals surface area contributed by atoms with Gasteiger partial charge in [-0.05, 0) is 116 Å². The number of hydrazone groups is 1. The summed E-state index contributed by atoms with van der Waals surface area (Å²) in [7, 11) is 3.18. The number of fused-ring (bicyclic) bond motifs is 5. The quantitative estimate of drug-likeness (QED) is 0.269. The van der Waals surface area contributed by atoms with Crippen molar-refractivity contribution in [2.24, 2.45) is 51.4 Å². The molecule has 4 N–H and O–H groups in total. The first kappa shape index (κ1) is 30.3. The largest absolute Gasteiger partial charge is 0.497 e. The van der Waals surface area contributed by atoms with Crippen LogP contribution in [0.2, 0.25) is 0 Å². The van der Waals surface area contributed by atoms with Crippen molar-refractivity contribution in [3.63, 3.8) is 0 Å². The van der Waals surface area contributed by atoms with Gasteiger partial charge >= 0.3 is 0 Å². The van der Waals surface area contributed by atoms with Crippen LogP contribution in [0, 0.1) is 46.3 Å². The van der Waals surface area contributed by atoms with Gasteiger partial charge in [0.1, 0.15) is 11.5 Å². The van der Waals surface area contributed by atoms with Crippen LogP contribution in [0.4, 0.5) is 0 Å². The molecule has 0 aliphatic heterocycles. The fourth-order valence-electron chi connectivity index (χ4n) is 9.86. The first-order chi connectivity index (χ1) is 19.5. The van der Waals surface area contributed by atoms with Crippen molar-refractivity contribution < 1.29 is 29.6 Å². The third-order valence-corrected chi connectivity index (χ3v) is 12.2. The van der Waals surface area contributed by atoms with Crippen LogP contribution in [0.25, 0.3) is 0 Å². The lowest BCUT2D eigenvalue weighted by molar-refractivity contribution is -0.207. The molecule has 8 heteroatoms. The number of carbonyl (C=O) groups excluding carboxylic acids is 1. The molecule has 0 bridgehead atoms. The SMILES string of the molecule is COc1ccc(OC)c(/C=N/NC(=O)CC[C@@H](C)[C@H]2CC[C@H]3[C@@H]4[C@H](O)C[C@@H]5C[C@H](O)CC[C@]5(C)[C@H]4C[C@H](O)[C@]23C)c1. The molecule has 4 fully saturated rings. The molecule has 1 aromatic carbocycles. The van der Waals surface area contributed by atoms with E-state index in [2.05, 4.69) is 31.3 Å². The second-order valence-corrected chi connectivity index (χ2v) is 13.9. The zero-order chi connectivity index (χ0) is 29.5. The maximum Gasteiger partial charge on any atom is 0.240 e. The van der Waals surface area contributed by atoms with Crippen LogP contribution in [0.5, 0.6) is 11.5 Å². The Kier molecular flexibility index (Phi) is 8.76. The molecule has 228 valence electrons. The zero-order valence-electron chi connectivity index (χ0n) is 25.4. The summed E-state index contributed by atoms with van der Waals surface area (Å²) in [6.07, 6.45) is 7.68. The Bertz CT molecular complexity index is 1130. The zero-order valence-corrected chi connectivity index (χ0v) is 25.4. The van der Waals surface area contributed by atoms with E-state index in [1.54, 1.807) is 38.6 Å². The average Bonchev–Trinajstić information content (AvgIpc) is 3.31. The highest BCUT2D eigenvalue weighted by Gasteiger charge is 2.65.